The third-order valence-electron chi connectivity index (χ3n) is 13.7. The summed E-state index contributed by atoms with van der Waals surface area (Å²) >= 11 is 0. The third-order valence-corrected chi connectivity index (χ3v) is 13.7. The molecule has 1 spiro atoms. The minimum absolute atomic E-state index is 0.0306. The Morgan fingerprint density at radius 3 is 2.48 bits per heavy atom. The number of aliphatic hydroxyl groups excluding tert-OH is 4. The maximum atomic E-state index is 12.7. The molecule has 5 N–H and O–H groups in total. The monoisotopic (exact) mass is 592 g/mol. The number of hydrogen-bond acceptors (Lipinski definition) is 9. The summed E-state index contributed by atoms with van der Waals surface area (Å²) in [5, 5.41) is 53.1. The van der Waals surface area contributed by atoms with Crippen molar-refractivity contribution in [1.29, 1.82) is 0 Å². The van der Waals surface area contributed by atoms with Crippen LogP contribution in [0, 0.1) is 40.4 Å². The van der Waals surface area contributed by atoms with Gasteiger partial charge in [-0.2, -0.15) is 0 Å². The highest BCUT2D eigenvalue weighted by Crippen LogP contribution is 2.72. The summed E-state index contributed by atoms with van der Waals surface area (Å²) in [5.74, 6) is 1.17. The van der Waals surface area contributed by atoms with Crippen molar-refractivity contribution >= 4 is 0 Å². The fourth-order valence-corrected chi connectivity index (χ4v) is 11.1. The van der Waals surface area contributed by atoms with Crippen LogP contribution < -0.4 is 0 Å². The zero-order chi connectivity index (χ0) is 29.8. The largest absolute Gasteiger partial charge is 0.394 e. The van der Waals surface area contributed by atoms with E-state index >= 15 is 0 Å². The lowest BCUT2D eigenvalue weighted by molar-refractivity contribution is -0.313. The first kappa shape index (κ1) is 30.1. The first-order valence-corrected chi connectivity index (χ1v) is 16.6. The number of aliphatic hydroxyl groups is 5. The van der Waals surface area contributed by atoms with Gasteiger partial charge < -0.3 is 44.5 Å². The summed E-state index contributed by atoms with van der Waals surface area (Å²) in [4.78, 5) is 0. The molecule has 238 valence electrons. The number of rotatable bonds is 3. The quantitative estimate of drug-likeness (QED) is 0.313. The van der Waals surface area contributed by atoms with Gasteiger partial charge in [0.15, 0.2) is 12.1 Å². The Kier molecular flexibility index (Phi) is 7.29. The normalized spacial score (nSPS) is 59.0. The average Bonchev–Trinajstić information content (AvgIpc) is 3.36. The maximum Gasteiger partial charge on any atom is 0.186 e. The molecule has 4 aliphatic carbocycles. The molecule has 9 nitrogen and oxygen atoms in total. The van der Waals surface area contributed by atoms with Crippen LogP contribution in [-0.2, 0) is 18.9 Å². The van der Waals surface area contributed by atoms with E-state index in [1.54, 1.807) is 0 Å². The van der Waals surface area contributed by atoms with Crippen LogP contribution in [-0.4, -0.2) is 93.0 Å². The van der Waals surface area contributed by atoms with Crippen molar-refractivity contribution in [1.82, 2.24) is 0 Å². The smallest absolute Gasteiger partial charge is 0.186 e. The van der Waals surface area contributed by atoms with E-state index in [1.807, 2.05) is 0 Å². The Hall–Kier alpha value is -0.620. The van der Waals surface area contributed by atoms with Gasteiger partial charge in [0, 0.05) is 30.1 Å². The fourth-order valence-electron chi connectivity index (χ4n) is 11.1. The van der Waals surface area contributed by atoms with E-state index < -0.39 is 48.7 Å². The van der Waals surface area contributed by atoms with E-state index in [0.717, 1.165) is 51.6 Å². The van der Waals surface area contributed by atoms with Crippen molar-refractivity contribution in [2.75, 3.05) is 13.2 Å². The van der Waals surface area contributed by atoms with E-state index in [9.17, 15) is 25.5 Å². The highest BCUT2D eigenvalue weighted by atomic mass is 16.7. The molecular weight excluding hydrogens is 540 g/mol. The fraction of sp³-hybridized carbons (Fsp3) is 0.939. The van der Waals surface area contributed by atoms with Crippen molar-refractivity contribution in [3.05, 3.63) is 11.6 Å². The highest BCUT2D eigenvalue weighted by molar-refractivity contribution is 5.29. The molecular formula is C33H52O9. The van der Waals surface area contributed by atoms with Crippen LogP contribution in [0.4, 0.5) is 0 Å². The molecule has 7 aliphatic rings. The third kappa shape index (κ3) is 4.07. The molecule has 9 heteroatoms. The maximum absolute atomic E-state index is 12.7. The Balaban J connectivity index is 1.08. The lowest BCUT2D eigenvalue weighted by Gasteiger charge is -2.62. The summed E-state index contributed by atoms with van der Waals surface area (Å²) in [7, 11) is 0. The van der Waals surface area contributed by atoms with E-state index in [-0.39, 0.29) is 40.8 Å². The molecule has 16 unspecified atom stereocenters. The second-order valence-corrected chi connectivity index (χ2v) is 15.6. The van der Waals surface area contributed by atoms with Gasteiger partial charge >= 0.3 is 0 Å². The second kappa shape index (κ2) is 10.2. The lowest BCUT2D eigenvalue weighted by atomic mass is 9.45. The van der Waals surface area contributed by atoms with Crippen LogP contribution in [0.15, 0.2) is 11.6 Å². The van der Waals surface area contributed by atoms with Gasteiger partial charge in [-0.15, -0.1) is 0 Å². The van der Waals surface area contributed by atoms with Crippen LogP contribution >= 0.6 is 0 Å². The number of fused-ring (bicyclic) bond motifs is 7. The number of allylic oxidation sites excluding steroid dienone is 1. The molecule has 16 atom stereocenters. The molecule has 42 heavy (non-hydrogen) atoms. The van der Waals surface area contributed by atoms with E-state index in [4.69, 9.17) is 18.9 Å². The van der Waals surface area contributed by atoms with Crippen LogP contribution in [0.3, 0.4) is 0 Å². The molecule has 3 aliphatic heterocycles. The van der Waals surface area contributed by atoms with Gasteiger partial charge in [-0.3, -0.25) is 0 Å². The Morgan fingerprint density at radius 2 is 1.76 bits per heavy atom. The van der Waals surface area contributed by atoms with Gasteiger partial charge in [-0.1, -0.05) is 39.3 Å². The standard InChI is InChI=1S/C33H52O9/c1-17-7-12-33(39-16-17)18(2)25-23(42-33)14-32(38)22-6-5-19-13-20(8-10-30(19,3)21(22)9-11-31(25,32)4)40-29-28(37)27(36)26(35)24(15-34)41-29/h5,17-18,20-29,34-38H,6-16H2,1-4H3. The molecule has 0 radical (unpaired) electrons. The number of hydrogen-bond donors (Lipinski definition) is 5. The Labute approximate surface area is 249 Å². The van der Waals surface area contributed by atoms with Gasteiger partial charge in [-0.25, -0.2) is 0 Å². The zero-order valence-corrected chi connectivity index (χ0v) is 25.7. The molecule has 0 aromatic rings. The molecule has 7 rings (SSSR count). The summed E-state index contributed by atoms with van der Waals surface area (Å²) < 4.78 is 25.1. The predicted molar refractivity (Wildman–Crippen MR) is 152 cm³/mol. The highest BCUT2D eigenvalue weighted by Gasteiger charge is 2.74. The zero-order valence-electron chi connectivity index (χ0n) is 25.7. The molecule has 0 bridgehead atoms. The van der Waals surface area contributed by atoms with Gasteiger partial charge in [0.2, 0.25) is 0 Å². The van der Waals surface area contributed by atoms with Gasteiger partial charge in [0.05, 0.1) is 31.0 Å². The van der Waals surface area contributed by atoms with Crippen molar-refractivity contribution in [2.24, 2.45) is 40.4 Å². The van der Waals surface area contributed by atoms with E-state index in [0.29, 0.717) is 24.7 Å². The second-order valence-electron chi connectivity index (χ2n) is 15.6. The van der Waals surface area contributed by atoms with Crippen LogP contribution in [0.2, 0.25) is 0 Å². The van der Waals surface area contributed by atoms with E-state index in [2.05, 4.69) is 33.8 Å². The topological polar surface area (TPSA) is 138 Å². The van der Waals surface area contributed by atoms with Gasteiger partial charge in [0.1, 0.15) is 24.4 Å². The van der Waals surface area contributed by atoms with Gasteiger partial charge in [0.25, 0.3) is 0 Å². The van der Waals surface area contributed by atoms with E-state index in [1.165, 1.54) is 5.57 Å². The lowest BCUT2D eigenvalue weighted by Crippen LogP contribution is -2.62. The minimum Gasteiger partial charge on any atom is -0.394 e. The molecule has 3 heterocycles. The molecule has 6 fully saturated rings. The van der Waals surface area contributed by atoms with Crippen LogP contribution in [0.5, 0.6) is 0 Å². The van der Waals surface area contributed by atoms with Gasteiger partial charge in [-0.05, 0) is 68.1 Å². The molecule has 3 saturated heterocycles. The summed E-state index contributed by atoms with van der Waals surface area (Å²) in [6.45, 7) is 9.54. The molecule has 0 amide bonds. The SMILES string of the molecule is CC1CCC2(OC1)OC1CC3(O)C4CC=C5CC(OC6OC(CO)C(O)C(O)C6O)CCC5(C)C4CCC3(C)C1C2C. The summed E-state index contributed by atoms with van der Waals surface area (Å²) in [6.07, 6.45) is 3.90. The molecule has 0 aromatic heterocycles. The first-order valence-electron chi connectivity index (χ1n) is 16.6. The Bertz CT molecular complexity index is 1070. The van der Waals surface area contributed by atoms with Crippen molar-refractivity contribution < 1.29 is 44.5 Å². The summed E-state index contributed by atoms with van der Waals surface area (Å²) in [6, 6.07) is 0. The first-order chi connectivity index (χ1) is 19.9. The summed E-state index contributed by atoms with van der Waals surface area (Å²) in [5.41, 5.74) is 0.323. The van der Waals surface area contributed by atoms with Crippen molar-refractivity contribution in [2.45, 2.75) is 140 Å². The molecule has 3 saturated carbocycles. The number of ether oxygens (including phenoxy) is 4. The minimum atomic E-state index is -1.44. The van der Waals surface area contributed by atoms with Crippen molar-refractivity contribution in [3.8, 4) is 0 Å². The average molecular weight is 593 g/mol. The predicted octanol–water partition coefficient (Wildman–Crippen LogP) is 2.65. The Morgan fingerprint density at radius 1 is 0.976 bits per heavy atom. The molecule has 0 aromatic carbocycles. The van der Waals surface area contributed by atoms with Crippen molar-refractivity contribution in [3.63, 3.8) is 0 Å². The van der Waals surface area contributed by atoms with Crippen LogP contribution in [0.25, 0.3) is 0 Å². The van der Waals surface area contributed by atoms with Crippen LogP contribution in [0.1, 0.15) is 85.5 Å².